The van der Waals surface area contributed by atoms with Crippen LogP contribution in [-0.2, 0) is 0 Å². The smallest absolute Gasteiger partial charge is 0.0881 e. The van der Waals surface area contributed by atoms with Gasteiger partial charge in [-0.25, -0.2) is 0 Å². The van der Waals surface area contributed by atoms with Crippen molar-refractivity contribution in [2.24, 2.45) is 5.92 Å². The van der Waals surface area contributed by atoms with Gasteiger partial charge in [0.15, 0.2) is 0 Å². The van der Waals surface area contributed by atoms with Crippen LogP contribution in [0.2, 0.25) is 0 Å². The first-order valence-electron chi connectivity index (χ1n) is 5.92. The summed E-state index contributed by atoms with van der Waals surface area (Å²) in [5.74, 6) is 0.570. The number of piperidine rings is 1. The molecule has 0 aromatic rings. The second-order valence-corrected chi connectivity index (χ2v) is 4.88. The number of hydrogen-bond acceptors (Lipinski definition) is 5. The molecule has 0 unspecified atom stereocenters. The molecule has 96 valence electrons. The van der Waals surface area contributed by atoms with Crippen molar-refractivity contribution in [2.45, 2.75) is 18.4 Å². The molecule has 1 rings (SSSR count). The molecule has 0 spiro atoms. The van der Waals surface area contributed by atoms with Gasteiger partial charge in [-0.1, -0.05) is 0 Å². The summed E-state index contributed by atoms with van der Waals surface area (Å²) in [6.45, 7) is 2.20. The molecule has 1 heterocycles. The van der Waals surface area contributed by atoms with Gasteiger partial charge in [-0.05, 0) is 45.4 Å². The van der Waals surface area contributed by atoms with Crippen LogP contribution in [0.4, 0.5) is 0 Å². The monoisotopic (exact) mass is 232 g/mol. The SMILES string of the molecule is CN1CCC(CNC(CO)(CO)CO)CC1. The van der Waals surface area contributed by atoms with E-state index >= 15 is 0 Å². The molecule has 5 heteroatoms. The van der Waals surface area contributed by atoms with Crippen LogP contribution in [0.5, 0.6) is 0 Å². The minimum Gasteiger partial charge on any atom is -0.394 e. The highest BCUT2D eigenvalue weighted by Gasteiger charge is 2.28. The normalized spacial score (nSPS) is 20.2. The number of rotatable bonds is 6. The lowest BCUT2D eigenvalue weighted by Crippen LogP contribution is -2.56. The van der Waals surface area contributed by atoms with Gasteiger partial charge in [0, 0.05) is 0 Å². The van der Waals surface area contributed by atoms with Crippen molar-refractivity contribution >= 4 is 0 Å². The highest BCUT2D eigenvalue weighted by Crippen LogP contribution is 2.16. The maximum Gasteiger partial charge on any atom is 0.0881 e. The largest absolute Gasteiger partial charge is 0.394 e. The molecule has 1 aliphatic rings. The molecule has 0 aromatic heterocycles. The highest BCUT2D eigenvalue weighted by molar-refractivity contribution is 4.87. The molecule has 1 saturated heterocycles. The van der Waals surface area contributed by atoms with E-state index in [1.54, 1.807) is 0 Å². The summed E-state index contributed by atoms with van der Waals surface area (Å²) in [6, 6.07) is 0. The van der Waals surface area contributed by atoms with Gasteiger partial charge >= 0.3 is 0 Å². The van der Waals surface area contributed by atoms with Gasteiger partial charge < -0.3 is 25.5 Å². The van der Waals surface area contributed by atoms with Gasteiger partial charge in [-0.2, -0.15) is 0 Å². The predicted molar refractivity (Wildman–Crippen MR) is 62.2 cm³/mol. The Morgan fingerprint density at radius 3 is 2.06 bits per heavy atom. The van der Waals surface area contributed by atoms with E-state index in [1.807, 2.05) is 0 Å². The molecule has 0 aliphatic carbocycles. The van der Waals surface area contributed by atoms with Crippen LogP contribution in [0.3, 0.4) is 0 Å². The van der Waals surface area contributed by atoms with Crippen LogP contribution in [0.25, 0.3) is 0 Å². The lowest BCUT2D eigenvalue weighted by molar-refractivity contribution is 0.0375. The number of nitrogens with zero attached hydrogens (tertiary/aromatic N) is 1. The van der Waals surface area contributed by atoms with Crippen molar-refractivity contribution in [1.82, 2.24) is 10.2 Å². The second kappa shape index (κ2) is 6.51. The van der Waals surface area contributed by atoms with Crippen LogP contribution < -0.4 is 5.32 Å². The van der Waals surface area contributed by atoms with Crippen molar-refractivity contribution in [3.05, 3.63) is 0 Å². The Morgan fingerprint density at radius 1 is 1.12 bits per heavy atom. The molecular formula is C11H24N2O3. The summed E-state index contributed by atoms with van der Waals surface area (Å²) < 4.78 is 0. The lowest BCUT2D eigenvalue weighted by atomic mass is 9.95. The molecule has 0 aromatic carbocycles. The summed E-state index contributed by atoms with van der Waals surface area (Å²) in [6.07, 6.45) is 2.25. The van der Waals surface area contributed by atoms with Crippen LogP contribution in [0.1, 0.15) is 12.8 Å². The number of aliphatic hydroxyl groups is 3. The third-order valence-electron chi connectivity index (χ3n) is 3.51. The van der Waals surface area contributed by atoms with E-state index in [4.69, 9.17) is 15.3 Å². The van der Waals surface area contributed by atoms with Gasteiger partial charge in [0.25, 0.3) is 0 Å². The maximum atomic E-state index is 9.16. The Bertz CT molecular complexity index is 181. The third kappa shape index (κ3) is 3.68. The van der Waals surface area contributed by atoms with Gasteiger partial charge in [-0.3, -0.25) is 0 Å². The molecule has 0 radical (unpaired) electrons. The first-order valence-corrected chi connectivity index (χ1v) is 5.92. The average molecular weight is 232 g/mol. The van der Waals surface area contributed by atoms with E-state index in [0.717, 1.165) is 32.5 Å². The molecule has 16 heavy (non-hydrogen) atoms. The lowest BCUT2D eigenvalue weighted by Gasteiger charge is -2.34. The fourth-order valence-electron chi connectivity index (χ4n) is 1.94. The van der Waals surface area contributed by atoms with E-state index in [9.17, 15) is 0 Å². The van der Waals surface area contributed by atoms with Crippen LogP contribution in [0, 0.1) is 5.92 Å². The van der Waals surface area contributed by atoms with E-state index in [1.165, 1.54) is 0 Å². The zero-order valence-corrected chi connectivity index (χ0v) is 10.0. The number of nitrogens with one attached hydrogen (secondary N) is 1. The summed E-state index contributed by atoms with van der Waals surface area (Å²) in [5, 5.41) is 30.6. The Labute approximate surface area is 97.1 Å². The Morgan fingerprint density at radius 2 is 1.62 bits per heavy atom. The van der Waals surface area contributed by atoms with Crippen molar-refractivity contribution in [3.63, 3.8) is 0 Å². The van der Waals surface area contributed by atoms with Crippen LogP contribution in [0.15, 0.2) is 0 Å². The molecule has 0 atom stereocenters. The van der Waals surface area contributed by atoms with Gasteiger partial charge in [0.2, 0.25) is 0 Å². The van der Waals surface area contributed by atoms with Gasteiger partial charge in [0.1, 0.15) is 0 Å². The third-order valence-corrected chi connectivity index (χ3v) is 3.51. The quantitative estimate of drug-likeness (QED) is 0.455. The minimum absolute atomic E-state index is 0.243. The summed E-state index contributed by atoms with van der Waals surface area (Å²) in [7, 11) is 2.11. The highest BCUT2D eigenvalue weighted by atomic mass is 16.3. The fraction of sp³-hybridized carbons (Fsp3) is 1.00. The minimum atomic E-state index is -0.927. The first kappa shape index (κ1) is 13.9. The predicted octanol–water partition coefficient (Wildman–Crippen LogP) is -1.37. The van der Waals surface area contributed by atoms with E-state index in [2.05, 4.69) is 17.3 Å². The number of hydrogen-bond donors (Lipinski definition) is 4. The summed E-state index contributed by atoms with van der Waals surface area (Å²) >= 11 is 0. The van der Waals surface area contributed by atoms with E-state index in [0.29, 0.717) is 5.92 Å². The summed E-state index contributed by atoms with van der Waals surface area (Å²) in [4.78, 5) is 2.30. The Kier molecular flexibility index (Phi) is 5.64. The Hall–Kier alpha value is -0.200. The molecule has 0 saturated carbocycles. The second-order valence-electron chi connectivity index (χ2n) is 4.88. The van der Waals surface area contributed by atoms with E-state index in [-0.39, 0.29) is 19.8 Å². The molecule has 4 N–H and O–H groups in total. The van der Waals surface area contributed by atoms with Crippen molar-refractivity contribution < 1.29 is 15.3 Å². The molecule has 1 fully saturated rings. The number of likely N-dealkylation sites (tertiary alicyclic amines) is 1. The fourth-order valence-corrected chi connectivity index (χ4v) is 1.94. The van der Waals surface area contributed by atoms with Gasteiger partial charge in [-0.15, -0.1) is 0 Å². The molecule has 5 nitrogen and oxygen atoms in total. The Balaban J connectivity index is 2.32. The summed E-state index contributed by atoms with van der Waals surface area (Å²) in [5.41, 5.74) is -0.927. The van der Waals surface area contributed by atoms with Crippen molar-refractivity contribution in [1.29, 1.82) is 0 Å². The van der Waals surface area contributed by atoms with Crippen LogP contribution in [-0.4, -0.2) is 72.3 Å². The van der Waals surface area contributed by atoms with Crippen LogP contribution >= 0.6 is 0 Å². The maximum absolute atomic E-state index is 9.16. The topological polar surface area (TPSA) is 76.0 Å². The number of aliphatic hydroxyl groups excluding tert-OH is 3. The van der Waals surface area contributed by atoms with Crippen molar-refractivity contribution in [3.8, 4) is 0 Å². The zero-order valence-electron chi connectivity index (χ0n) is 10.0. The van der Waals surface area contributed by atoms with Gasteiger partial charge in [0.05, 0.1) is 25.4 Å². The van der Waals surface area contributed by atoms with E-state index < -0.39 is 5.54 Å². The standard InChI is InChI=1S/C11H24N2O3/c1-13-4-2-10(3-5-13)6-12-11(7-14,8-15)9-16/h10,12,14-16H,2-9H2,1H3. The van der Waals surface area contributed by atoms with Crippen molar-refractivity contribution in [2.75, 3.05) is 46.5 Å². The molecule has 1 aliphatic heterocycles. The average Bonchev–Trinajstić information content (AvgIpc) is 2.34. The molecule has 0 bridgehead atoms. The zero-order chi connectivity index (χ0) is 12.0. The molecular weight excluding hydrogens is 208 g/mol. The first-order chi connectivity index (χ1) is 7.65. The molecule has 0 amide bonds.